The molecule has 0 saturated carbocycles. The molecular weight excluding hydrogens is 233 g/mol. The Bertz CT molecular complexity index is 378. The average Bonchev–Trinajstić information content (AvgIpc) is 2.38. The Morgan fingerprint density at radius 2 is 1.94 bits per heavy atom. The van der Waals surface area contributed by atoms with Crippen LogP contribution < -0.4 is 0 Å². The zero-order valence-corrected chi connectivity index (χ0v) is 10.9. The molecule has 1 rings (SSSR count). The van der Waals surface area contributed by atoms with E-state index in [0.717, 1.165) is 5.56 Å². The van der Waals surface area contributed by atoms with E-state index in [4.69, 9.17) is 5.11 Å². The number of carbonyl (C=O) groups is 1. The number of nitrogens with zero attached hydrogens (tertiary/aromatic N) is 1. The number of hydrogen-bond acceptors (Lipinski definition) is 2. The SMILES string of the molecule is CC(c1ccc(F)cc1)N(C)C(=O)CCCCO. The third-order valence-corrected chi connectivity index (χ3v) is 3.13. The molecule has 1 unspecified atom stereocenters. The number of benzene rings is 1. The first-order chi connectivity index (χ1) is 8.56. The quantitative estimate of drug-likeness (QED) is 0.791. The maximum atomic E-state index is 12.8. The summed E-state index contributed by atoms with van der Waals surface area (Å²) < 4.78 is 12.8. The topological polar surface area (TPSA) is 40.5 Å². The van der Waals surface area contributed by atoms with Crippen molar-refractivity contribution >= 4 is 5.91 Å². The lowest BCUT2D eigenvalue weighted by Crippen LogP contribution is -2.29. The highest BCUT2D eigenvalue weighted by molar-refractivity contribution is 5.76. The monoisotopic (exact) mass is 253 g/mol. The highest BCUT2D eigenvalue weighted by Gasteiger charge is 2.16. The predicted molar refractivity (Wildman–Crippen MR) is 68.5 cm³/mol. The van der Waals surface area contributed by atoms with Crippen molar-refractivity contribution in [2.24, 2.45) is 0 Å². The lowest BCUT2D eigenvalue weighted by molar-refractivity contribution is -0.131. The highest BCUT2D eigenvalue weighted by Crippen LogP contribution is 2.20. The Labute approximate surface area is 107 Å². The fourth-order valence-electron chi connectivity index (χ4n) is 1.75. The van der Waals surface area contributed by atoms with Crippen LogP contribution in [0.3, 0.4) is 0 Å². The second-order valence-corrected chi connectivity index (χ2v) is 4.41. The van der Waals surface area contributed by atoms with E-state index in [1.165, 1.54) is 12.1 Å². The van der Waals surface area contributed by atoms with Gasteiger partial charge >= 0.3 is 0 Å². The molecule has 0 spiro atoms. The van der Waals surface area contributed by atoms with E-state index < -0.39 is 0 Å². The van der Waals surface area contributed by atoms with E-state index in [2.05, 4.69) is 0 Å². The summed E-state index contributed by atoms with van der Waals surface area (Å²) in [4.78, 5) is 13.5. The summed E-state index contributed by atoms with van der Waals surface area (Å²) in [6.07, 6.45) is 1.77. The van der Waals surface area contributed by atoms with Gasteiger partial charge in [0.05, 0.1) is 6.04 Å². The summed E-state index contributed by atoms with van der Waals surface area (Å²) in [5, 5.41) is 8.67. The van der Waals surface area contributed by atoms with E-state index in [9.17, 15) is 9.18 Å². The number of aliphatic hydroxyl groups is 1. The fraction of sp³-hybridized carbons (Fsp3) is 0.500. The lowest BCUT2D eigenvalue weighted by Gasteiger charge is -2.25. The highest BCUT2D eigenvalue weighted by atomic mass is 19.1. The Hall–Kier alpha value is -1.42. The van der Waals surface area contributed by atoms with Gasteiger partial charge in [-0.25, -0.2) is 4.39 Å². The molecule has 1 N–H and O–H groups in total. The number of aliphatic hydroxyl groups excluding tert-OH is 1. The average molecular weight is 253 g/mol. The van der Waals surface area contributed by atoms with Crippen LogP contribution in [0.1, 0.15) is 37.8 Å². The number of unbranched alkanes of at least 4 members (excludes halogenated alkanes) is 1. The Morgan fingerprint density at radius 1 is 1.33 bits per heavy atom. The number of halogens is 1. The van der Waals surface area contributed by atoms with Crippen LogP contribution in [0.25, 0.3) is 0 Å². The van der Waals surface area contributed by atoms with Gasteiger partial charge in [0.25, 0.3) is 0 Å². The molecule has 0 saturated heterocycles. The number of hydrogen-bond donors (Lipinski definition) is 1. The third kappa shape index (κ3) is 4.11. The molecule has 0 bridgehead atoms. The molecule has 1 aromatic rings. The lowest BCUT2D eigenvalue weighted by atomic mass is 10.1. The summed E-state index contributed by atoms with van der Waals surface area (Å²) in [5.41, 5.74) is 0.911. The molecule has 3 nitrogen and oxygen atoms in total. The Balaban J connectivity index is 2.57. The van der Waals surface area contributed by atoms with Gasteiger partial charge in [-0.2, -0.15) is 0 Å². The molecule has 0 aromatic heterocycles. The molecule has 0 aliphatic carbocycles. The van der Waals surface area contributed by atoms with Gasteiger partial charge in [0.15, 0.2) is 0 Å². The standard InChI is InChI=1S/C14H20FNO2/c1-11(12-6-8-13(15)9-7-12)16(2)14(18)5-3-4-10-17/h6-9,11,17H,3-5,10H2,1-2H3. The maximum Gasteiger partial charge on any atom is 0.222 e. The molecule has 4 heteroatoms. The summed E-state index contributed by atoms with van der Waals surface area (Å²) >= 11 is 0. The van der Waals surface area contributed by atoms with Crippen molar-refractivity contribution < 1.29 is 14.3 Å². The van der Waals surface area contributed by atoms with Gasteiger partial charge in [0, 0.05) is 20.1 Å². The number of carbonyl (C=O) groups excluding carboxylic acids is 1. The van der Waals surface area contributed by atoms with Crippen LogP contribution in [0.4, 0.5) is 4.39 Å². The molecule has 0 radical (unpaired) electrons. The van der Waals surface area contributed by atoms with E-state index in [0.29, 0.717) is 19.3 Å². The minimum absolute atomic E-state index is 0.0419. The van der Waals surface area contributed by atoms with Gasteiger partial charge < -0.3 is 10.0 Å². The normalized spacial score (nSPS) is 12.2. The second-order valence-electron chi connectivity index (χ2n) is 4.41. The van der Waals surface area contributed by atoms with Crippen molar-refractivity contribution in [3.05, 3.63) is 35.6 Å². The van der Waals surface area contributed by atoms with Crippen LogP contribution in [0.2, 0.25) is 0 Å². The minimum Gasteiger partial charge on any atom is -0.396 e. The molecule has 1 atom stereocenters. The zero-order chi connectivity index (χ0) is 13.5. The molecule has 1 amide bonds. The van der Waals surface area contributed by atoms with Gasteiger partial charge in [0.1, 0.15) is 5.82 Å². The molecule has 100 valence electrons. The number of rotatable bonds is 6. The fourth-order valence-corrected chi connectivity index (χ4v) is 1.75. The first kappa shape index (κ1) is 14.6. The first-order valence-corrected chi connectivity index (χ1v) is 6.18. The zero-order valence-electron chi connectivity index (χ0n) is 10.9. The molecule has 1 aromatic carbocycles. The van der Waals surface area contributed by atoms with Crippen LogP contribution in [0, 0.1) is 5.82 Å². The predicted octanol–water partition coefficient (Wildman–Crippen LogP) is 2.51. The summed E-state index contributed by atoms with van der Waals surface area (Å²) in [6.45, 7) is 2.03. The molecule has 0 heterocycles. The van der Waals surface area contributed by atoms with Crippen molar-refractivity contribution in [2.45, 2.75) is 32.2 Å². The van der Waals surface area contributed by atoms with E-state index in [-0.39, 0.29) is 24.4 Å². The summed E-state index contributed by atoms with van der Waals surface area (Å²) in [5.74, 6) is -0.233. The van der Waals surface area contributed by atoms with Gasteiger partial charge in [-0.15, -0.1) is 0 Å². The molecule has 0 aliphatic heterocycles. The Kier molecular flexibility index (Phi) is 5.78. The minimum atomic E-state index is -0.275. The van der Waals surface area contributed by atoms with Crippen molar-refractivity contribution in [1.82, 2.24) is 4.90 Å². The van der Waals surface area contributed by atoms with Crippen LogP contribution in [-0.4, -0.2) is 29.6 Å². The van der Waals surface area contributed by atoms with E-state index in [1.807, 2.05) is 6.92 Å². The van der Waals surface area contributed by atoms with Crippen LogP contribution in [0.15, 0.2) is 24.3 Å². The van der Waals surface area contributed by atoms with Gasteiger partial charge in [-0.3, -0.25) is 4.79 Å². The molecule has 0 aliphatic rings. The maximum absolute atomic E-state index is 12.8. The van der Waals surface area contributed by atoms with Crippen LogP contribution >= 0.6 is 0 Å². The van der Waals surface area contributed by atoms with E-state index >= 15 is 0 Å². The van der Waals surface area contributed by atoms with E-state index in [1.54, 1.807) is 24.1 Å². The van der Waals surface area contributed by atoms with Crippen molar-refractivity contribution in [3.63, 3.8) is 0 Å². The molecular formula is C14H20FNO2. The first-order valence-electron chi connectivity index (χ1n) is 6.18. The van der Waals surface area contributed by atoms with Gasteiger partial charge in [-0.05, 0) is 37.5 Å². The second kappa shape index (κ2) is 7.11. The van der Waals surface area contributed by atoms with Crippen molar-refractivity contribution in [1.29, 1.82) is 0 Å². The van der Waals surface area contributed by atoms with Crippen LogP contribution in [-0.2, 0) is 4.79 Å². The summed E-state index contributed by atoms with van der Waals surface area (Å²) in [6, 6.07) is 6.10. The summed E-state index contributed by atoms with van der Waals surface area (Å²) in [7, 11) is 1.75. The Morgan fingerprint density at radius 3 is 2.50 bits per heavy atom. The number of amides is 1. The molecule has 0 fully saturated rings. The largest absolute Gasteiger partial charge is 0.396 e. The van der Waals surface area contributed by atoms with Gasteiger partial charge in [-0.1, -0.05) is 12.1 Å². The van der Waals surface area contributed by atoms with Gasteiger partial charge in [0.2, 0.25) is 5.91 Å². The van der Waals surface area contributed by atoms with Crippen molar-refractivity contribution in [2.75, 3.05) is 13.7 Å². The smallest absolute Gasteiger partial charge is 0.222 e. The molecule has 18 heavy (non-hydrogen) atoms. The third-order valence-electron chi connectivity index (χ3n) is 3.13. The van der Waals surface area contributed by atoms with Crippen LogP contribution in [0.5, 0.6) is 0 Å². The van der Waals surface area contributed by atoms with Crippen molar-refractivity contribution in [3.8, 4) is 0 Å².